The first-order valence-corrected chi connectivity index (χ1v) is 9.91. The molecule has 3 rings (SSSR count). The highest BCUT2D eigenvalue weighted by Gasteiger charge is 2.10. The van der Waals surface area contributed by atoms with E-state index >= 15 is 0 Å². The number of aromatic nitrogens is 2. The Kier molecular flexibility index (Phi) is 6.17. The van der Waals surface area contributed by atoms with Gasteiger partial charge < -0.3 is 4.74 Å². The van der Waals surface area contributed by atoms with Crippen LogP contribution in [0.3, 0.4) is 0 Å². The van der Waals surface area contributed by atoms with E-state index in [9.17, 15) is 0 Å². The first-order chi connectivity index (χ1) is 12.6. The third-order valence-corrected chi connectivity index (χ3v) is 5.45. The number of benzene rings is 2. The van der Waals surface area contributed by atoms with Crippen LogP contribution in [-0.2, 0) is 12.2 Å². The molecule has 3 nitrogen and oxygen atoms in total. The normalized spacial score (nSPS) is 10.8. The molecule has 0 fully saturated rings. The summed E-state index contributed by atoms with van der Waals surface area (Å²) in [5.74, 6) is 2.12. The number of ether oxygens (including phenoxy) is 1. The molecule has 0 saturated carbocycles. The molecule has 0 spiro atoms. The summed E-state index contributed by atoms with van der Waals surface area (Å²) in [6, 6.07) is 15.8. The second-order valence-electron chi connectivity index (χ2n) is 6.01. The van der Waals surface area contributed by atoms with E-state index in [0.717, 1.165) is 39.8 Å². The Morgan fingerprint density at radius 2 is 1.85 bits per heavy atom. The van der Waals surface area contributed by atoms with Gasteiger partial charge >= 0.3 is 0 Å². The van der Waals surface area contributed by atoms with Crippen LogP contribution >= 0.6 is 23.4 Å². The van der Waals surface area contributed by atoms with E-state index in [1.165, 1.54) is 5.56 Å². The lowest BCUT2D eigenvalue weighted by atomic mass is 10.1. The predicted molar refractivity (Wildman–Crippen MR) is 108 cm³/mol. The summed E-state index contributed by atoms with van der Waals surface area (Å²) >= 11 is 7.80. The molecule has 2 aromatic carbocycles. The number of hydrogen-bond donors (Lipinski definition) is 0. The number of nitrogens with zero attached hydrogens (tertiary/aromatic N) is 2. The van der Waals surface area contributed by atoms with Gasteiger partial charge in [0, 0.05) is 22.5 Å². The van der Waals surface area contributed by atoms with Gasteiger partial charge in [0.15, 0.2) is 5.16 Å². The Bertz CT molecular complexity index is 914. The highest BCUT2D eigenvalue weighted by atomic mass is 35.5. The molecule has 1 heterocycles. The number of halogens is 1. The van der Waals surface area contributed by atoms with Crippen molar-refractivity contribution in [1.82, 2.24) is 9.97 Å². The standard InChI is InChI=1S/C21H21ClN2OS/c1-4-17-12-20(25-19-11-7-8-14(2)15(19)3)24-21(23-17)26-13-16-9-5-6-10-18(16)22/h5-12H,4,13H2,1-3H3. The van der Waals surface area contributed by atoms with Crippen LogP contribution in [0.2, 0.25) is 5.02 Å². The molecule has 3 aromatic rings. The van der Waals surface area contributed by atoms with Crippen LogP contribution in [0, 0.1) is 13.8 Å². The van der Waals surface area contributed by atoms with Gasteiger partial charge in [-0.3, -0.25) is 0 Å². The fraction of sp³-hybridized carbons (Fsp3) is 0.238. The van der Waals surface area contributed by atoms with Gasteiger partial charge in [0.2, 0.25) is 5.88 Å². The molecule has 134 valence electrons. The highest BCUT2D eigenvalue weighted by molar-refractivity contribution is 7.98. The second kappa shape index (κ2) is 8.56. The van der Waals surface area contributed by atoms with Gasteiger partial charge in [-0.05, 0) is 49.1 Å². The zero-order valence-electron chi connectivity index (χ0n) is 15.1. The van der Waals surface area contributed by atoms with E-state index in [-0.39, 0.29) is 0 Å². The Morgan fingerprint density at radius 1 is 1.04 bits per heavy atom. The fourth-order valence-corrected chi connectivity index (χ4v) is 3.61. The number of hydrogen-bond acceptors (Lipinski definition) is 4. The minimum absolute atomic E-state index is 0.576. The van der Waals surface area contributed by atoms with Crippen LogP contribution in [0.4, 0.5) is 0 Å². The van der Waals surface area contributed by atoms with Crippen molar-refractivity contribution in [3.05, 3.63) is 75.9 Å². The Balaban J connectivity index is 1.82. The maximum atomic E-state index is 6.24. The highest BCUT2D eigenvalue weighted by Crippen LogP contribution is 2.29. The number of aryl methyl sites for hydroxylation is 2. The molecule has 26 heavy (non-hydrogen) atoms. The third-order valence-electron chi connectivity index (χ3n) is 4.18. The topological polar surface area (TPSA) is 35.0 Å². The van der Waals surface area contributed by atoms with E-state index in [1.54, 1.807) is 11.8 Å². The lowest BCUT2D eigenvalue weighted by Gasteiger charge is -2.11. The third kappa shape index (κ3) is 4.57. The Morgan fingerprint density at radius 3 is 2.62 bits per heavy atom. The second-order valence-corrected chi connectivity index (χ2v) is 7.36. The zero-order valence-corrected chi connectivity index (χ0v) is 16.7. The van der Waals surface area contributed by atoms with E-state index in [0.29, 0.717) is 11.0 Å². The molecule has 0 radical (unpaired) electrons. The minimum atomic E-state index is 0.576. The molecular formula is C21H21ClN2OS. The Labute approximate surface area is 163 Å². The summed E-state index contributed by atoms with van der Waals surface area (Å²) in [6.45, 7) is 6.21. The van der Waals surface area contributed by atoms with Crippen molar-refractivity contribution in [1.29, 1.82) is 0 Å². The van der Waals surface area contributed by atoms with Crippen molar-refractivity contribution < 1.29 is 4.74 Å². The maximum absolute atomic E-state index is 6.24. The molecule has 5 heteroatoms. The molecule has 0 unspecified atom stereocenters. The van der Waals surface area contributed by atoms with Gasteiger partial charge in [-0.25, -0.2) is 4.98 Å². The first kappa shape index (κ1) is 18.7. The van der Waals surface area contributed by atoms with Crippen LogP contribution in [0.25, 0.3) is 0 Å². The summed E-state index contributed by atoms with van der Waals surface area (Å²) < 4.78 is 6.06. The van der Waals surface area contributed by atoms with E-state index in [2.05, 4.69) is 36.8 Å². The van der Waals surface area contributed by atoms with Gasteiger partial charge in [-0.15, -0.1) is 0 Å². The number of thioether (sulfide) groups is 1. The maximum Gasteiger partial charge on any atom is 0.223 e. The lowest BCUT2D eigenvalue weighted by molar-refractivity contribution is 0.450. The van der Waals surface area contributed by atoms with Crippen LogP contribution < -0.4 is 4.74 Å². The molecule has 0 atom stereocenters. The average molecular weight is 385 g/mol. The minimum Gasteiger partial charge on any atom is -0.439 e. The molecule has 1 aromatic heterocycles. The van der Waals surface area contributed by atoms with Gasteiger partial charge in [0.1, 0.15) is 5.75 Å². The van der Waals surface area contributed by atoms with Gasteiger partial charge in [0.05, 0.1) is 0 Å². The summed E-state index contributed by atoms with van der Waals surface area (Å²) in [6.07, 6.45) is 0.825. The van der Waals surface area contributed by atoms with Crippen molar-refractivity contribution in [3.63, 3.8) is 0 Å². The molecule has 0 saturated heterocycles. The van der Waals surface area contributed by atoms with Crippen LogP contribution in [0.15, 0.2) is 53.7 Å². The van der Waals surface area contributed by atoms with Crippen molar-refractivity contribution in [3.8, 4) is 11.6 Å². The van der Waals surface area contributed by atoms with Crippen molar-refractivity contribution in [2.24, 2.45) is 0 Å². The molecule has 0 aliphatic carbocycles. The monoisotopic (exact) mass is 384 g/mol. The van der Waals surface area contributed by atoms with E-state index in [1.807, 2.05) is 42.5 Å². The molecule has 0 aliphatic heterocycles. The molecule has 0 bridgehead atoms. The summed E-state index contributed by atoms with van der Waals surface area (Å²) in [4.78, 5) is 9.19. The molecule has 0 aliphatic rings. The predicted octanol–water partition coefficient (Wildman–Crippen LogP) is 6.39. The van der Waals surface area contributed by atoms with Crippen LogP contribution in [0.1, 0.15) is 29.3 Å². The summed E-state index contributed by atoms with van der Waals surface area (Å²) in [5.41, 5.74) is 4.35. The SMILES string of the molecule is CCc1cc(Oc2cccc(C)c2C)nc(SCc2ccccc2Cl)n1. The van der Waals surface area contributed by atoms with Crippen molar-refractivity contribution in [2.75, 3.05) is 0 Å². The molecule has 0 N–H and O–H groups in total. The fourth-order valence-electron chi connectivity index (χ4n) is 2.45. The van der Waals surface area contributed by atoms with Gasteiger partial charge in [0.25, 0.3) is 0 Å². The van der Waals surface area contributed by atoms with E-state index < -0.39 is 0 Å². The Hall–Kier alpha value is -2.04. The largest absolute Gasteiger partial charge is 0.439 e. The zero-order chi connectivity index (χ0) is 18.5. The van der Waals surface area contributed by atoms with Gasteiger partial charge in [-0.2, -0.15) is 4.98 Å². The lowest BCUT2D eigenvalue weighted by Crippen LogP contribution is -1.98. The molecule has 0 amide bonds. The smallest absolute Gasteiger partial charge is 0.223 e. The first-order valence-electron chi connectivity index (χ1n) is 8.55. The summed E-state index contributed by atoms with van der Waals surface area (Å²) in [5, 5.41) is 1.46. The average Bonchev–Trinajstić information content (AvgIpc) is 2.64. The van der Waals surface area contributed by atoms with Crippen LogP contribution in [-0.4, -0.2) is 9.97 Å². The van der Waals surface area contributed by atoms with Crippen LogP contribution in [0.5, 0.6) is 11.6 Å². The summed E-state index contributed by atoms with van der Waals surface area (Å²) in [7, 11) is 0. The van der Waals surface area contributed by atoms with Crippen molar-refractivity contribution in [2.45, 2.75) is 38.1 Å². The number of rotatable bonds is 6. The van der Waals surface area contributed by atoms with Crippen molar-refractivity contribution >= 4 is 23.4 Å². The molecular weight excluding hydrogens is 364 g/mol. The van der Waals surface area contributed by atoms with E-state index in [4.69, 9.17) is 16.3 Å². The quantitative estimate of drug-likeness (QED) is 0.364. The van der Waals surface area contributed by atoms with Gasteiger partial charge in [-0.1, -0.05) is 60.6 Å².